The molecule has 2 aromatic heterocycles. The second kappa shape index (κ2) is 13.5. The Hall–Kier alpha value is -1.57. The summed E-state index contributed by atoms with van der Waals surface area (Å²) in [5, 5.41) is 11.3. The van der Waals surface area contributed by atoms with E-state index in [9.17, 15) is 14.3 Å². The Labute approximate surface area is 211 Å². The molecule has 0 spiro atoms. The minimum absolute atomic E-state index is 0.0524. The van der Waals surface area contributed by atoms with Gasteiger partial charge in [0, 0.05) is 17.8 Å². The standard InChI is InChI=1S/C26H36ClFN2O3S/c1-3-4-5-8-22(31)19-14-17(15-29-16-19)10-12-20-18(11-13-21(20)27)7-6-9-23-30-25(28)24(34-23)26(32)33-2/h14-16,18,20-22,31H,3-13H2,1-2H3/t18-,20+,21?,22?/m0/s1. The van der Waals surface area contributed by atoms with Crippen molar-refractivity contribution in [2.45, 2.75) is 89.0 Å². The van der Waals surface area contributed by atoms with Crippen LogP contribution < -0.4 is 0 Å². The number of aryl methyl sites for hydroxylation is 2. The zero-order valence-electron chi connectivity index (χ0n) is 20.1. The molecule has 188 valence electrons. The number of nitrogens with zero attached hydrogens (tertiary/aromatic N) is 2. The molecule has 0 bridgehead atoms. The Kier molecular flexibility index (Phi) is 10.7. The van der Waals surface area contributed by atoms with Crippen molar-refractivity contribution < 1.29 is 19.0 Å². The number of carbonyl (C=O) groups excluding carboxylic acids is 1. The number of pyridine rings is 1. The molecule has 1 aliphatic carbocycles. The average molecular weight is 511 g/mol. The van der Waals surface area contributed by atoms with Gasteiger partial charge in [0.1, 0.15) is 0 Å². The van der Waals surface area contributed by atoms with Gasteiger partial charge in [-0.15, -0.1) is 22.9 Å². The molecule has 8 heteroatoms. The van der Waals surface area contributed by atoms with E-state index in [0.717, 1.165) is 86.7 Å². The van der Waals surface area contributed by atoms with Gasteiger partial charge in [0.05, 0.1) is 18.2 Å². The second-order valence-corrected chi connectivity index (χ2v) is 10.9. The quantitative estimate of drug-likeness (QED) is 0.185. The molecule has 0 amide bonds. The summed E-state index contributed by atoms with van der Waals surface area (Å²) in [7, 11) is 1.24. The van der Waals surface area contributed by atoms with Gasteiger partial charge in [0.15, 0.2) is 4.88 Å². The van der Waals surface area contributed by atoms with E-state index in [-0.39, 0.29) is 10.3 Å². The van der Waals surface area contributed by atoms with E-state index in [4.69, 9.17) is 11.6 Å². The number of carbonyl (C=O) groups is 1. The molecule has 0 radical (unpaired) electrons. The van der Waals surface area contributed by atoms with Gasteiger partial charge < -0.3 is 9.84 Å². The summed E-state index contributed by atoms with van der Waals surface area (Å²) < 4.78 is 18.5. The Morgan fingerprint density at radius 2 is 2.09 bits per heavy atom. The third-order valence-corrected chi connectivity index (χ3v) is 8.51. The van der Waals surface area contributed by atoms with Crippen LogP contribution in [0.1, 0.15) is 96.6 Å². The van der Waals surface area contributed by atoms with Gasteiger partial charge >= 0.3 is 5.97 Å². The van der Waals surface area contributed by atoms with Crippen molar-refractivity contribution in [3.05, 3.63) is 45.4 Å². The number of esters is 1. The monoisotopic (exact) mass is 510 g/mol. The summed E-state index contributed by atoms with van der Waals surface area (Å²) >= 11 is 7.77. The van der Waals surface area contributed by atoms with Gasteiger partial charge in [0.25, 0.3) is 0 Å². The summed E-state index contributed by atoms with van der Waals surface area (Å²) in [6, 6.07) is 2.09. The number of aliphatic hydroxyl groups is 1. The lowest BCUT2D eigenvalue weighted by Crippen LogP contribution is -2.16. The Bertz CT molecular complexity index is 925. The first-order valence-electron chi connectivity index (χ1n) is 12.4. The maximum Gasteiger partial charge on any atom is 0.352 e. The number of methoxy groups -OCH3 is 1. The predicted molar refractivity (Wildman–Crippen MR) is 134 cm³/mol. The Morgan fingerprint density at radius 1 is 1.26 bits per heavy atom. The zero-order valence-corrected chi connectivity index (χ0v) is 21.7. The summed E-state index contributed by atoms with van der Waals surface area (Å²) in [6.07, 6.45) is 13.9. The van der Waals surface area contributed by atoms with E-state index < -0.39 is 18.0 Å². The number of ether oxygens (including phenoxy) is 1. The van der Waals surface area contributed by atoms with E-state index in [1.54, 1.807) is 6.20 Å². The van der Waals surface area contributed by atoms with Crippen LogP contribution in [0.3, 0.4) is 0 Å². The molecule has 2 heterocycles. The predicted octanol–water partition coefficient (Wildman–Crippen LogP) is 6.67. The van der Waals surface area contributed by atoms with Gasteiger partial charge in [-0.25, -0.2) is 9.78 Å². The summed E-state index contributed by atoms with van der Waals surface area (Å²) in [4.78, 5) is 19.8. The van der Waals surface area contributed by atoms with E-state index in [0.29, 0.717) is 23.3 Å². The number of thiazole rings is 1. The highest BCUT2D eigenvalue weighted by molar-refractivity contribution is 7.13. The largest absolute Gasteiger partial charge is 0.465 e. The van der Waals surface area contributed by atoms with E-state index >= 15 is 0 Å². The van der Waals surface area contributed by atoms with Crippen molar-refractivity contribution in [2.24, 2.45) is 11.8 Å². The molecule has 2 aromatic rings. The van der Waals surface area contributed by atoms with Crippen molar-refractivity contribution in [3.63, 3.8) is 0 Å². The van der Waals surface area contributed by atoms with Gasteiger partial charge in [-0.2, -0.15) is 4.39 Å². The van der Waals surface area contributed by atoms with E-state index in [1.807, 2.05) is 6.20 Å². The fourth-order valence-corrected chi connectivity index (χ4v) is 6.33. The minimum atomic E-state index is -0.738. The van der Waals surface area contributed by atoms with Gasteiger partial charge in [0.2, 0.25) is 5.95 Å². The lowest BCUT2D eigenvalue weighted by atomic mass is 9.86. The van der Waals surface area contributed by atoms with Crippen molar-refractivity contribution in [1.82, 2.24) is 9.97 Å². The number of alkyl halides is 1. The molecular weight excluding hydrogens is 475 g/mol. The molecule has 3 rings (SSSR count). The maximum atomic E-state index is 13.9. The number of hydrogen-bond acceptors (Lipinski definition) is 6. The van der Waals surface area contributed by atoms with Crippen LogP contribution in [0.4, 0.5) is 4.39 Å². The van der Waals surface area contributed by atoms with Crippen LogP contribution in [0.5, 0.6) is 0 Å². The molecule has 5 nitrogen and oxygen atoms in total. The number of aromatic nitrogens is 2. The fourth-order valence-electron chi connectivity index (χ4n) is 4.97. The van der Waals surface area contributed by atoms with Crippen molar-refractivity contribution in [2.75, 3.05) is 7.11 Å². The Morgan fingerprint density at radius 3 is 2.85 bits per heavy atom. The molecule has 34 heavy (non-hydrogen) atoms. The summed E-state index contributed by atoms with van der Waals surface area (Å²) in [6.45, 7) is 2.16. The fraction of sp³-hybridized carbons (Fsp3) is 0.654. The molecule has 0 saturated heterocycles. The number of hydrogen-bond donors (Lipinski definition) is 1. The molecule has 1 fully saturated rings. The number of unbranched alkanes of at least 4 members (excludes halogenated alkanes) is 2. The van der Waals surface area contributed by atoms with E-state index in [2.05, 4.69) is 27.7 Å². The number of halogens is 2. The highest BCUT2D eigenvalue weighted by Crippen LogP contribution is 2.41. The molecule has 0 aliphatic heterocycles. The first-order valence-corrected chi connectivity index (χ1v) is 13.7. The summed E-state index contributed by atoms with van der Waals surface area (Å²) in [5.41, 5.74) is 2.05. The minimum Gasteiger partial charge on any atom is -0.465 e. The molecule has 0 aromatic carbocycles. The second-order valence-electron chi connectivity index (χ2n) is 9.31. The van der Waals surface area contributed by atoms with Gasteiger partial charge in [-0.05, 0) is 74.3 Å². The number of rotatable bonds is 13. The lowest BCUT2D eigenvalue weighted by Gasteiger charge is -2.22. The highest BCUT2D eigenvalue weighted by Gasteiger charge is 2.34. The van der Waals surface area contributed by atoms with Crippen molar-refractivity contribution in [3.8, 4) is 0 Å². The first kappa shape index (κ1) is 27.0. The van der Waals surface area contributed by atoms with Gasteiger partial charge in [-0.1, -0.05) is 32.3 Å². The van der Waals surface area contributed by atoms with Crippen LogP contribution in [-0.2, 0) is 17.6 Å². The number of aliphatic hydroxyl groups excluding tert-OH is 1. The van der Waals surface area contributed by atoms with Gasteiger partial charge in [-0.3, -0.25) is 4.98 Å². The molecule has 2 unspecified atom stereocenters. The van der Waals surface area contributed by atoms with Crippen molar-refractivity contribution in [1.29, 1.82) is 0 Å². The van der Waals surface area contributed by atoms with Crippen LogP contribution in [-0.4, -0.2) is 33.5 Å². The molecular formula is C26H36ClFN2O3S. The van der Waals surface area contributed by atoms with Crippen LogP contribution in [0.15, 0.2) is 18.5 Å². The van der Waals surface area contributed by atoms with Crippen LogP contribution in [0.25, 0.3) is 0 Å². The summed E-state index contributed by atoms with van der Waals surface area (Å²) in [5.74, 6) is -0.450. The Balaban J connectivity index is 1.50. The zero-order chi connectivity index (χ0) is 24.5. The smallest absolute Gasteiger partial charge is 0.352 e. The maximum absolute atomic E-state index is 13.9. The van der Waals surface area contributed by atoms with Crippen LogP contribution in [0, 0.1) is 17.8 Å². The van der Waals surface area contributed by atoms with Crippen molar-refractivity contribution >= 4 is 28.9 Å². The topological polar surface area (TPSA) is 72.3 Å². The molecule has 4 atom stereocenters. The van der Waals surface area contributed by atoms with Crippen LogP contribution in [0.2, 0.25) is 0 Å². The molecule has 1 saturated carbocycles. The first-order chi connectivity index (χ1) is 16.4. The SMILES string of the molecule is CCCCCC(O)c1cncc(CC[C@H]2C(Cl)CC[C@@H]2CCCc2nc(F)c(C(=O)OC)s2)c1. The van der Waals surface area contributed by atoms with Crippen LogP contribution >= 0.6 is 22.9 Å². The molecule has 1 aliphatic rings. The normalized spacial score (nSPS) is 21.0. The molecule has 1 N–H and O–H groups in total. The lowest BCUT2D eigenvalue weighted by molar-refractivity contribution is 0.0601. The third kappa shape index (κ3) is 7.46. The van der Waals surface area contributed by atoms with E-state index in [1.165, 1.54) is 7.11 Å². The third-order valence-electron chi connectivity index (χ3n) is 6.90. The highest BCUT2D eigenvalue weighted by atomic mass is 35.5. The average Bonchev–Trinajstić information content (AvgIpc) is 3.39.